The lowest BCUT2D eigenvalue weighted by atomic mass is 10.2. The van der Waals surface area contributed by atoms with Gasteiger partial charge >= 0.3 is 0 Å². The molecule has 0 aromatic heterocycles. The number of amides is 2. The van der Waals surface area contributed by atoms with Crippen LogP contribution in [0.25, 0.3) is 0 Å². The molecule has 0 unspecified atom stereocenters. The van der Waals surface area contributed by atoms with Crippen LogP contribution in [0, 0.1) is 22.7 Å². The molecule has 1 aliphatic heterocycles. The molecule has 1 aromatic carbocycles. The summed E-state index contributed by atoms with van der Waals surface area (Å²) in [7, 11) is 0. The number of rotatable bonds is 8. The van der Waals surface area contributed by atoms with Gasteiger partial charge in [0.05, 0.1) is 31.5 Å². The fourth-order valence-electron chi connectivity index (χ4n) is 2.70. The van der Waals surface area contributed by atoms with Gasteiger partial charge in [0.1, 0.15) is 0 Å². The van der Waals surface area contributed by atoms with Crippen molar-refractivity contribution in [3.05, 3.63) is 24.3 Å². The Balaban J connectivity index is 1.88. The highest BCUT2D eigenvalue weighted by molar-refractivity contribution is 5.95. The molecule has 0 bridgehead atoms. The van der Waals surface area contributed by atoms with E-state index in [-0.39, 0.29) is 31.2 Å². The third-order valence-corrected chi connectivity index (χ3v) is 4.04. The van der Waals surface area contributed by atoms with Crippen molar-refractivity contribution in [1.82, 2.24) is 4.90 Å². The minimum absolute atomic E-state index is 0.0961. The van der Waals surface area contributed by atoms with E-state index in [1.165, 1.54) is 4.90 Å². The second-order valence-corrected chi connectivity index (χ2v) is 5.75. The molecule has 0 spiro atoms. The van der Waals surface area contributed by atoms with E-state index in [1.54, 1.807) is 4.90 Å². The number of carbonyl (C=O) groups excluding carboxylic acids is 2. The summed E-state index contributed by atoms with van der Waals surface area (Å²) in [6.07, 6.45) is 1.97. The van der Waals surface area contributed by atoms with E-state index in [2.05, 4.69) is 5.32 Å². The van der Waals surface area contributed by atoms with E-state index < -0.39 is 0 Å². The summed E-state index contributed by atoms with van der Waals surface area (Å²) in [6.45, 7) is 1.50. The smallest absolute Gasteiger partial charge is 0.241 e. The van der Waals surface area contributed by atoms with Crippen LogP contribution in [0.5, 0.6) is 0 Å². The highest BCUT2D eigenvalue weighted by Crippen LogP contribution is 2.22. The largest absolute Gasteiger partial charge is 0.376 e. The predicted molar refractivity (Wildman–Crippen MR) is 93.6 cm³/mol. The molecule has 1 heterocycles. The van der Waals surface area contributed by atoms with Gasteiger partial charge in [0.2, 0.25) is 11.8 Å². The first-order valence-corrected chi connectivity index (χ1v) is 8.31. The zero-order valence-corrected chi connectivity index (χ0v) is 14.1. The zero-order chi connectivity index (χ0) is 18.1. The lowest BCUT2D eigenvalue weighted by molar-refractivity contribution is -0.129. The first-order valence-electron chi connectivity index (χ1n) is 8.31. The quantitative estimate of drug-likeness (QED) is 0.779. The number of nitrogens with one attached hydrogen (secondary N) is 1. The number of anilines is 2. The average Bonchev–Trinajstić information content (AvgIpc) is 3.06. The average molecular weight is 339 g/mol. The van der Waals surface area contributed by atoms with Crippen molar-refractivity contribution >= 4 is 23.2 Å². The monoisotopic (exact) mass is 339 g/mol. The van der Waals surface area contributed by atoms with Gasteiger partial charge in [-0.05, 0) is 30.7 Å². The van der Waals surface area contributed by atoms with Gasteiger partial charge in [0.15, 0.2) is 0 Å². The SMILES string of the molecule is N#CCCN(CCC#N)C(=O)CNc1ccc(N2CCCC2=O)cc1. The van der Waals surface area contributed by atoms with Gasteiger partial charge in [-0.3, -0.25) is 9.59 Å². The maximum Gasteiger partial charge on any atom is 0.241 e. The normalized spacial score (nSPS) is 13.2. The molecule has 7 nitrogen and oxygen atoms in total. The van der Waals surface area contributed by atoms with Crippen molar-refractivity contribution in [2.45, 2.75) is 25.7 Å². The Hall–Kier alpha value is -3.06. The van der Waals surface area contributed by atoms with Gasteiger partial charge in [-0.2, -0.15) is 10.5 Å². The molecule has 7 heteroatoms. The van der Waals surface area contributed by atoms with Crippen molar-refractivity contribution < 1.29 is 9.59 Å². The maximum absolute atomic E-state index is 12.2. The van der Waals surface area contributed by atoms with E-state index in [9.17, 15) is 9.59 Å². The summed E-state index contributed by atoms with van der Waals surface area (Å²) < 4.78 is 0. The Morgan fingerprint density at radius 3 is 2.32 bits per heavy atom. The molecular formula is C18H21N5O2. The van der Waals surface area contributed by atoms with Crippen molar-refractivity contribution in [1.29, 1.82) is 10.5 Å². The van der Waals surface area contributed by atoms with Crippen molar-refractivity contribution in [2.24, 2.45) is 0 Å². The Kier molecular flexibility index (Phi) is 6.79. The Morgan fingerprint density at radius 2 is 1.80 bits per heavy atom. The third-order valence-electron chi connectivity index (χ3n) is 4.04. The summed E-state index contributed by atoms with van der Waals surface area (Å²) in [5.41, 5.74) is 1.65. The second-order valence-electron chi connectivity index (χ2n) is 5.75. The molecule has 2 rings (SSSR count). The van der Waals surface area contributed by atoms with E-state index in [4.69, 9.17) is 10.5 Å². The van der Waals surface area contributed by atoms with Gasteiger partial charge in [-0.1, -0.05) is 0 Å². The summed E-state index contributed by atoms with van der Waals surface area (Å²) >= 11 is 0. The fraction of sp³-hybridized carbons (Fsp3) is 0.444. The molecule has 25 heavy (non-hydrogen) atoms. The molecule has 0 radical (unpaired) electrons. The molecule has 1 aromatic rings. The Labute approximate surface area is 147 Å². The van der Waals surface area contributed by atoms with Crippen LogP contribution in [0.15, 0.2) is 24.3 Å². The van der Waals surface area contributed by atoms with Gasteiger partial charge in [0, 0.05) is 37.4 Å². The first kappa shape index (κ1) is 18.3. The zero-order valence-electron chi connectivity index (χ0n) is 14.1. The first-order chi connectivity index (χ1) is 12.2. The maximum atomic E-state index is 12.2. The lowest BCUT2D eigenvalue weighted by Crippen LogP contribution is -2.36. The van der Waals surface area contributed by atoms with Crippen LogP contribution in [0.4, 0.5) is 11.4 Å². The van der Waals surface area contributed by atoms with E-state index in [1.807, 2.05) is 36.4 Å². The third kappa shape index (κ3) is 5.22. The number of carbonyl (C=O) groups is 2. The standard InChI is InChI=1S/C18H21N5O2/c19-9-2-11-22(12-3-10-20)18(25)14-21-15-5-7-16(8-6-15)23-13-1-4-17(23)24/h5-8,21H,1-4,11-14H2. The summed E-state index contributed by atoms with van der Waals surface area (Å²) in [6, 6.07) is 11.4. The summed E-state index contributed by atoms with van der Waals surface area (Å²) in [5.74, 6) is -0.00851. The minimum Gasteiger partial charge on any atom is -0.376 e. The van der Waals surface area contributed by atoms with E-state index in [0.717, 1.165) is 24.3 Å². The van der Waals surface area contributed by atoms with Gasteiger partial charge in [-0.25, -0.2) is 0 Å². The van der Waals surface area contributed by atoms with Crippen LogP contribution >= 0.6 is 0 Å². The van der Waals surface area contributed by atoms with Crippen LogP contribution in [-0.4, -0.2) is 42.9 Å². The van der Waals surface area contributed by atoms with Crippen LogP contribution in [0.2, 0.25) is 0 Å². The van der Waals surface area contributed by atoms with Crippen molar-refractivity contribution in [3.8, 4) is 12.1 Å². The molecule has 2 amide bonds. The highest BCUT2D eigenvalue weighted by Gasteiger charge is 2.21. The summed E-state index contributed by atoms with van der Waals surface area (Å²) in [5, 5.41) is 20.4. The van der Waals surface area contributed by atoms with Crippen LogP contribution in [-0.2, 0) is 9.59 Å². The number of benzene rings is 1. The number of nitrogens with zero attached hydrogens (tertiary/aromatic N) is 4. The summed E-state index contributed by atoms with van der Waals surface area (Å²) in [4.78, 5) is 27.3. The number of hydrogen-bond donors (Lipinski definition) is 1. The second kappa shape index (κ2) is 9.29. The van der Waals surface area contributed by atoms with Gasteiger partial charge < -0.3 is 15.1 Å². The van der Waals surface area contributed by atoms with Crippen molar-refractivity contribution in [3.63, 3.8) is 0 Å². The Morgan fingerprint density at radius 1 is 1.16 bits per heavy atom. The molecular weight excluding hydrogens is 318 g/mol. The number of hydrogen-bond acceptors (Lipinski definition) is 5. The molecule has 1 saturated heterocycles. The van der Waals surface area contributed by atoms with E-state index in [0.29, 0.717) is 19.5 Å². The van der Waals surface area contributed by atoms with E-state index >= 15 is 0 Å². The van der Waals surface area contributed by atoms with Crippen LogP contribution in [0.1, 0.15) is 25.7 Å². The lowest BCUT2D eigenvalue weighted by Gasteiger charge is -2.21. The van der Waals surface area contributed by atoms with Gasteiger partial charge in [0.25, 0.3) is 0 Å². The molecule has 1 aliphatic rings. The topological polar surface area (TPSA) is 100 Å². The molecule has 0 atom stereocenters. The van der Waals surface area contributed by atoms with Crippen LogP contribution in [0.3, 0.4) is 0 Å². The minimum atomic E-state index is -0.149. The predicted octanol–water partition coefficient (Wildman–Crippen LogP) is 1.88. The number of nitriles is 2. The molecule has 0 aliphatic carbocycles. The Bertz CT molecular complexity index is 669. The molecule has 130 valence electrons. The van der Waals surface area contributed by atoms with Crippen LogP contribution < -0.4 is 10.2 Å². The highest BCUT2D eigenvalue weighted by atomic mass is 16.2. The van der Waals surface area contributed by atoms with Crippen molar-refractivity contribution in [2.75, 3.05) is 36.4 Å². The fourth-order valence-corrected chi connectivity index (χ4v) is 2.70. The molecule has 1 N–H and O–H groups in total. The molecule has 1 fully saturated rings. The van der Waals surface area contributed by atoms with Gasteiger partial charge in [-0.15, -0.1) is 0 Å². The molecule has 0 saturated carbocycles.